The number of benzene rings is 1. The molecule has 1 aromatic carbocycles. The third-order valence-corrected chi connectivity index (χ3v) is 9.03. The van der Waals surface area contributed by atoms with Crippen molar-refractivity contribution in [2.45, 2.75) is 116 Å². The molecule has 0 saturated carbocycles. The van der Waals surface area contributed by atoms with Gasteiger partial charge in [-0.1, -0.05) is 77.3 Å². The third kappa shape index (κ3) is 5.59. The van der Waals surface area contributed by atoms with Crippen molar-refractivity contribution in [1.29, 1.82) is 0 Å². The van der Waals surface area contributed by atoms with Crippen molar-refractivity contribution < 1.29 is 9.53 Å². The predicted octanol–water partition coefficient (Wildman–Crippen LogP) is 7.18. The SMILES string of the molecule is CCCCC(CC)CO[C@@H]1CN(C(=O)c2cnn3c2N[C@@H](c2ccccc2)CC3(C)C)C(CC)(CC)C1. The van der Waals surface area contributed by atoms with Crippen LogP contribution in [0.4, 0.5) is 5.82 Å². The van der Waals surface area contributed by atoms with Crippen molar-refractivity contribution in [1.82, 2.24) is 14.7 Å². The summed E-state index contributed by atoms with van der Waals surface area (Å²) < 4.78 is 8.52. The van der Waals surface area contributed by atoms with Gasteiger partial charge in [0.1, 0.15) is 11.4 Å². The maximum Gasteiger partial charge on any atom is 0.259 e. The van der Waals surface area contributed by atoms with Crippen LogP contribution in [0.3, 0.4) is 0 Å². The van der Waals surface area contributed by atoms with E-state index in [2.05, 4.69) is 76.0 Å². The number of likely N-dealkylation sites (tertiary alicyclic amines) is 1. The molecule has 2 aromatic rings. The quantitative estimate of drug-likeness (QED) is 0.349. The molecule has 0 radical (unpaired) electrons. The molecule has 6 nitrogen and oxygen atoms in total. The van der Waals surface area contributed by atoms with Gasteiger partial charge in [0.25, 0.3) is 5.91 Å². The Labute approximate surface area is 224 Å². The molecule has 0 spiro atoms. The van der Waals surface area contributed by atoms with E-state index in [1.165, 1.54) is 24.8 Å². The lowest BCUT2D eigenvalue weighted by molar-refractivity contribution is 0.0302. The molecule has 1 unspecified atom stereocenters. The highest BCUT2D eigenvalue weighted by molar-refractivity contribution is 5.99. The van der Waals surface area contributed by atoms with Gasteiger partial charge >= 0.3 is 0 Å². The van der Waals surface area contributed by atoms with Gasteiger partial charge in [0, 0.05) is 18.7 Å². The van der Waals surface area contributed by atoms with Crippen LogP contribution in [0, 0.1) is 5.92 Å². The van der Waals surface area contributed by atoms with Crippen LogP contribution in [-0.4, -0.2) is 45.4 Å². The largest absolute Gasteiger partial charge is 0.376 e. The minimum atomic E-state index is -0.198. The van der Waals surface area contributed by atoms with Gasteiger partial charge in [-0.25, -0.2) is 4.68 Å². The summed E-state index contributed by atoms with van der Waals surface area (Å²) in [6.07, 6.45) is 10.4. The van der Waals surface area contributed by atoms with Crippen LogP contribution in [0.15, 0.2) is 36.5 Å². The number of nitrogens with zero attached hydrogens (tertiary/aromatic N) is 3. The number of unbranched alkanes of at least 4 members (excludes halogenated alkanes) is 1. The van der Waals surface area contributed by atoms with E-state index in [1.807, 2.05) is 10.7 Å². The first-order chi connectivity index (χ1) is 17.8. The zero-order valence-electron chi connectivity index (χ0n) is 23.9. The summed E-state index contributed by atoms with van der Waals surface area (Å²) in [6.45, 7) is 14.8. The zero-order valence-corrected chi connectivity index (χ0v) is 23.9. The summed E-state index contributed by atoms with van der Waals surface area (Å²) in [5.74, 6) is 1.52. The van der Waals surface area contributed by atoms with Crippen LogP contribution in [0.25, 0.3) is 0 Å². The van der Waals surface area contributed by atoms with Gasteiger partial charge in [-0.2, -0.15) is 5.10 Å². The van der Waals surface area contributed by atoms with Crippen molar-refractivity contribution in [3.05, 3.63) is 47.7 Å². The monoisotopic (exact) mass is 508 g/mol. The minimum absolute atomic E-state index is 0.0751. The van der Waals surface area contributed by atoms with Gasteiger partial charge in [-0.15, -0.1) is 0 Å². The summed E-state index contributed by atoms with van der Waals surface area (Å²) in [5.41, 5.74) is 1.54. The molecule has 3 heterocycles. The van der Waals surface area contributed by atoms with Crippen LogP contribution >= 0.6 is 0 Å². The summed E-state index contributed by atoms with van der Waals surface area (Å²) in [4.78, 5) is 16.3. The molecule has 1 saturated heterocycles. The number of fused-ring (bicyclic) bond motifs is 1. The maximum atomic E-state index is 14.2. The normalized spacial score (nSPS) is 22.9. The van der Waals surface area contributed by atoms with Gasteiger partial charge in [0.05, 0.1) is 23.9 Å². The second-order valence-corrected chi connectivity index (χ2v) is 11.9. The van der Waals surface area contributed by atoms with Gasteiger partial charge in [-0.3, -0.25) is 4.79 Å². The van der Waals surface area contributed by atoms with E-state index in [1.54, 1.807) is 6.20 Å². The lowest BCUT2D eigenvalue weighted by Crippen LogP contribution is -2.47. The summed E-state index contributed by atoms with van der Waals surface area (Å²) in [5, 5.41) is 8.41. The van der Waals surface area contributed by atoms with Crippen LogP contribution in [0.2, 0.25) is 0 Å². The first-order valence-corrected chi connectivity index (χ1v) is 14.6. The lowest BCUT2D eigenvalue weighted by atomic mass is 9.88. The number of rotatable bonds is 11. The second-order valence-electron chi connectivity index (χ2n) is 11.9. The minimum Gasteiger partial charge on any atom is -0.376 e. The Morgan fingerprint density at radius 2 is 1.86 bits per heavy atom. The fraction of sp³-hybridized carbons (Fsp3) is 0.677. The van der Waals surface area contributed by atoms with E-state index in [0.717, 1.165) is 44.5 Å². The van der Waals surface area contributed by atoms with Crippen molar-refractivity contribution >= 4 is 11.7 Å². The second kappa shape index (κ2) is 11.6. The molecule has 4 rings (SSSR count). The highest BCUT2D eigenvalue weighted by atomic mass is 16.5. The van der Waals surface area contributed by atoms with Crippen molar-refractivity contribution in [3.8, 4) is 0 Å². The third-order valence-electron chi connectivity index (χ3n) is 9.03. The standard InChI is InChI=1S/C31H48N4O2/c1-7-11-15-23(8-2)22-37-25-18-31(9-3,10-4)34(21-25)29(36)26-20-32-35-28(26)33-27(19-30(35,5)6)24-16-13-12-14-17-24/h12-14,16-17,20,23,25,27,33H,7-11,15,18-19,21-22H2,1-6H3/t23?,25-,27+/m0/s1. The number of hydrogen-bond donors (Lipinski definition) is 1. The lowest BCUT2D eigenvalue weighted by Gasteiger charge is -2.39. The van der Waals surface area contributed by atoms with Crippen molar-refractivity contribution in [2.75, 3.05) is 18.5 Å². The Morgan fingerprint density at radius 3 is 2.51 bits per heavy atom. The molecule has 2 aliphatic rings. The van der Waals surface area contributed by atoms with E-state index < -0.39 is 0 Å². The molecule has 1 aromatic heterocycles. The molecular formula is C31H48N4O2. The van der Waals surface area contributed by atoms with Crippen LogP contribution < -0.4 is 5.32 Å². The molecule has 0 bridgehead atoms. The Balaban J connectivity index is 1.56. The Hall–Kier alpha value is -2.34. The molecule has 0 aliphatic carbocycles. The van der Waals surface area contributed by atoms with E-state index >= 15 is 0 Å². The van der Waals surface area contributed by atoms with Crippen LogP contribution in [0.1, 0.15) is 115 Å². The number of amides is 1. The first kappa shape index (κ1) is 27.7. The number of ether oxygens (including phenoxy) is 1. The molecule has 204 valence electrons. The number of carbonyl (C=O) groups excluding carboxylic acids is 1. The number of aromatic nitrogens is 2. The average molecular weight is 509 g/mol. The average Bonchev–Trinajstić information content (AvgIpc) is 3.51. The van der Waals surface area contributed by atoms with Gasteiger partial charge in [0.15, 0.2) is 0 Å². The molecule has 3 atom stereocenters. The van der Waals surface area contributed by atoms with Gasteiger partial charge < -0.3 is 15.0 Å². The molecule has 6 heteroatoms. The molecular weight excluding hydrogens is 460 g/mol. The Bertz CT molecular complexity index is 1030. The summed E-state index contributed by atoms with van der Waals surface area (Å²) >= 11 is 0. The summed E-state index contributed by atoms with van der Waals surface area (Å²) in [6, 6.07) is 10.7. The van der Waals surface area contributed by atoms with Crippen LogP contribution in [-0.2, 0) is 10.3 Å². The summed E-state index contributed by atoms with van der Waals surface area (Å²) in [7, 11) is 0. The van der Waals surface area contributed by atoms with Crippen molar-refractivity contribution in [2.24, 2.45) is 5.92 Å². The predicted molar refractivity (Wildman–Crippen MR) is 151 cm³/mol. The highest BCUT2D eigenvalue weighted by Gasteiger charge is 2.48. The number of carbonyl (C=O) groups is 1. The van der Waals surface area contributed by atoms with E-state index in [-0.39, 0.29) is 29.1 Å². The van der Waals surface area contributed by atoms with E-state index in [9.17, 15) is 4.79 Å². The van der Waals surface area contributed by atoms with Crippen LogP contribution in [0.5, 0.6) is 0 Å². The van der Waals surface area contributed by atoms with Gasteiger partial charge in [-0.05, 0) is 57.4 Å². The maximum absolute atomic E-state index is 14.2. The highest BCUT2D eigenvalue weighted by Crippen LogP contribution is 2.43. The fourth-order valence-corrected chi connectivity index (χ4v) is 6.43. The smallest absolute Gasteiger partial charge is 0.259 e. The molecule has 37 heavy (non-hydrogen) atoms. The molecule has 1 amide bonds. The molecule has 1 fully saturated rings. The number of hydrogen-bond acceptors (Lipinski definition) is 4. The van der Waals surface area contributed by atoms with Crippen molar-refractivity contribution in [3.63, 3.8) is 0 Å². The zero-order chi connectivity index (χ0) is 26.6. The first-order valence-electron chi connectivity index (χ1n) is 14.6. The molecule has 2 aliphatic heterocycles. The number of nitrogens with one attached hydrogen (secondary N) is 1. The Kier molecular flexibility index (Phi) is 8.67. The number of anilines is 1. The fourth-order valence-electron chi connectivity index (χ4n) is 6.43. The molecule has 1 N–H and O–H groups in total. The van der Waals surface area contributed by atoms with Gasteiger partial charge in [0.2, 0.25) is 0 Å². The van der Waals surface area contributed by atoms with E-state index in [0.29, 0.717) is 18.0 Å². The Morgan fingerprint density at radius 1 is 1.14 bits per heavy atom. The topological polar surface area (TPSA) is 59.4 Å². The van der Waals surface area contributed by atoms with E-state index in [4.69, 9.17) is 9.84 Å².